The maximum absolute atomic E-state index is 12.7. The Labute approximate surface area is 134 Å². The molecule has 1 heterocycles. The van der Waals surface area contributed by atoms with Crippen LogP contribution in [0.2, 0.25) is 0 Å². The summed E-state index contributed by atoms with van der Waals surface area (Å²) in [6.07, 6.45) is 1.96. The second kappa shape index (κ2) is 6.48. The van der Waals surface area contributed by atoms with Crippen LogP contribution in [-0.4, -0.2) is 22.4 Å². The number of hydrogen-bond donors (Lipinski definition) is 0. The van der Waals surface area contributed by atoms with Gasteiger partial charge in [-0.25, -0.2) is 0 Å². The SMILES string of the molecule is Cc1ccccc1CN(C)C(=O)c1cc(Br)cn1C(C)C. The number of aromatic nitrogens is 1. The summed E-state index contributed by atoms with van der Waals surface area (Å²) < 4.78 is 2.93. The largest absolute Gasteiger partial charge is 0.340 e. The molecule has 112 valence electrons. The van der Waals surface area contributed by atoms with E-state index >= 15 is 0 Å². The number of rotatable bonds is 4. The van der Waals surface area contributed by atoms with E-state index in [4.69, 9.17) is 0 Å². The molecule has 0 bridgehead atoms. The Morgan fingerprint density at radius 2 is 2.00 bits per heavy atom. The molecule has 0 atom stereocenters. The number of carbonyl (C=O) groups is 1. The van der Waals surface area contributed by atoms with E-state index in [1.165, 1.54) is 11.1 Å². The van der Waals surface area contributed by atoms with Crippen molar-refractivity contribution in [3.05, 3.63) is 57.8 Å². The number of halogens is 1. The number of hydrogen-bond acceptors (Lipinski definition) is 1. The van der Waals surface area contributed by atoms with E-state index < -0.39 is 0 Å². The van der Waals surface area contributed by atoms with Crippen molar-refractivity contribution in [1.29, 1.82) is 0 Å². The highest BCUT2D eigenvalue weighted by molar-refractivity contribution is 9.10. The maximum atomic E-state index is 12.7. The lowest BCUT2D eigenvalue weighted by molar-refractivity contribution is 0.0772. The molecule has 0 saturated heterocycles. The monoisotopic (exact) mass is 348 g/mol. The van der Waals surface area contributed by atoms with E-state index in [1.54, 1.807) is 4.90 Å². The molecule has 1 aromatic heterocycles. The van der Waals surface area contributed by atoms with Crippen LogP contribution in [0.5, 0.6) is 0 Å². The van der Waals surface area contributed by atoms with Gasteiger partial charge in [0.1, 0.15) is 5.69 Å². The lowest BCUT2D eigenvalue weighted by Gasteiger charge is -2.20. The normalized spacial score (nSPS) is 11.0. The Bertz CT molecular complexity index is 646. The van der Waals surface area contributed by atoms with Crippen LogP contribution in [0, 0.1) is 6.92 Å². The number of amides is 1. The molecule has 1 aromatic carbocycles. The van der Waals surface area contributed by atoms with Gasteiger partial charge in [0.25, 0.3) is 5.91 Å². The average Bonchev–Trinajstić information content (AvgIpc) is 2.82. The lowest BCUT2D eigenvalue weighted by Crippen LogP contribution is -2.28. The summed E-state index contributed by atoms with van der Waals surface area (Å²) in [5, 5.41) is 0. The van der Waals surface area contributed by atoms with Crippen LogP contribution in [0.1, 0.15) is 41.5 Å². The highest BCUT2D eigenvalue weighted by Crippen LogP contribution is 2.21. The Balaban J connectivity index is 2.22. The molecule has 0 N–H and O–H groups in total. The van der Waals surface area contributed by atoms with Crippen LogP contribution < -0.4 is 0 Å². The molecule has 0 radical (unpaired) electrons. The molecule has 0 spiro atoms. The predicted molar refractivity (Wildman–Crippen MR) is 89.5 cm³/mol. The standard InChI is InChI=1S/C17H21BrN2O/c1-12(2)20-11-15(18)9-16(20)17(21)19(4)10-14-8-6-5-7-13(14)3/h5-9,11-12H,10H2,1-4H3. The first-order chi connectivity index (χ1) is 9.90. The van der Waals surface area contributed by atoms with Gasteiger partial charge in [0.05, 0.1) is 0 Å². The third kappa shape index (κ3) is 3.56. The lowest BCUT2D eigenvalue weighted by atomic mass is 10.1. The summed E-state index contributed by atoms with van der Waals surface area (Å²) in [4.78, 5) is 14.5. The van der Waals surface area contributed by atoms with E-state index in [0.717, 1.165) is 4.47 Å². The Kier molecular flexibility index (Phi) is 4.88. The fourth-order valence-corrected chi connectivity index (χ4v) is 2.79. The van der Waals surface area contributed by atoms with E-state index in [0.29, 0.717) is 12.2 Å². The average molecular weight is 349 g/mol. The second-order valence-corrected chi connectivity index (χ2v) is 6.55. The molecule has 2 rings (SSSR count). The summed E-state index contributed by atoms with van der Waals surface area (Å²) in [6.45, 7) is 6.84. The van der Waals surface area contributed by atoms with Gasteiger partial charge in [0, 0.05) is 30.3 Å². The number of aryl methyl sites for hydroxylation is 1. The minimum atomic E-state index is 0.0395. The van der Waals surface area contributed by atoms with Crippen LogP contribution in [-0.2, 0) is 6.54 Å². The van der Waals surface area contributed by atoms with Crippen molar-refractivity contribution in [1.82, 2.24) is 9.47 Å². The molecular formula is C17H21BrN2O. The van der Waals surface area contributed by atoms with Gasteiger partial charge < -0.3 is 9.47 Å². The number of nitrogens with zero attached hydrogens (tertiary/aromatic N) is 2. The summed E-state index contributed by atoms with van der Waals surface area (Å²) >= 11 is 3.46. The molecule has 3 nitrogen and oxygen atoms in total. The van der Waals surface area contributed by atoms with Crippen molar-refractivity contribution >= 4 is 21.8 Å². The smallest absolute Gasteiger partial charge is 0.270 e. The molecule has 0 aliphatic carbocycles. The highest BCUT2D eigenvalue weighted by atomic mass is 79.9. The predicted octanol–water partition coefficient (Wildman–Crippen LogP) is 4.41. The Hall–Kier alpha value is -1.55. The van der Waals surface area contributed by atoms with E-state index in [2.05, 4.69) is 48.8 Å². The van der Waals surface area contributed by atoms with E-state index in [1.807, 2.05) is 36.0 Å². The van der Waals surface area contributed by atoms with Crippen molar-refractivity contribution < 1.29 is 4.79 Å². The van der Waals surface area contributed by atoms with Gasteiger partial charge in [-0.05, 0) is 53.9 Å². The molecule has 4 heteroatoms. The van der Waals surface area contributed by atoms with Gasteiger partial charge in [-0.3, -0.25) is 4.79 Å². The minimum Gasteiger partial charge on any atom is -0.340 e. The van der Waals surface area contributed by atoms with Gasteiger partial charge in [-0.15, -0.1) is 0 Å². The highest BCUT2D eigenvalue weighted by Gasteiger charge is 2.19. The zero-order valence-electron chi connectivity index (χ0n) is 12.9. The van der Waals surface area contributed by atoms with Crippen LogP contribution in [0.4, 0.5) is 0 Å². The summed E-state index contributed by atoms with van der Waals surface area (Å²) in [5.41, 5.74) is 3.10. The maximum Gasteiger partial charge on any atom is 0.270 e. The first-order valence-electron chi connectivity index (χ1n) is 7.07. The molecule has 0 aliphatic rings. The molecule has 1 amide bonds. The van der Waals surface area contributed by atoms with Gasteiger partial charge in [0.2, 0.25) is 0 Å². The Morgan fingerprint density at radius 1 is 1.33 bits per heavy atom. The molecule has 2 aromatic rings. The van der Waals surface area contributed by atoms with Gasteiger partial charge in [0.15, 0.2) is 0 Å². The van der Waals surface area contributed by atoms with Gasteiger partial charge in [-0.2, -0.15) is 0 Å². The quantitative estimate of drug-likeness (QED) is 0.803. The van der Waals surface area contributed by atoms with Crippen LogP contribution in [0.15, 0.2) is 41.0 Å². The van der Waals surface area contributed by atoms with Crippen LogP contribution in [0.25, 0.3) is 0 Å². The van der Waals surface area contributed by atoms with Gasteiger partial charge >= 0.3 is 0 Å². The molecule has 0 unspecified atom stereocenters. The second-order valence-electron chi connectivity index (χ2n) is 5.63. The van der Waals surface area contributed by atoms with Crippen molar-refractivity contribution in [3.63, 3.8) is 0 Å². The third-order valence-electron chi connectivity index (χ3n) is 3.61. The third-order valence-corrected chi connectivity index (χ3v) is 4.04. The van der Waals surface area contributed by atoms with Crippen LogP contribution >= 0.6 is 15.9 Å². The van der Waals surface area contributed by atoms with Crippen molar-refractivity contribution in [2.75, 3.05) is 7.05 Å². The molecule has 0 saturated carbocycles. The first-order valence-corrected chi connectivity index (χ1v) is 7.86. The van der Waals surface area contributed by atoms with Crippen molar-refractivity contribution in [2.45, 2.75) is 33.4 Å². The number of carbonyl (C=O) groups excluding carboxylic acids is 1. The Morgan fingerprint density at radius 3 is 2.62 bits per heavy atom. The summed E-state index contributed by atoms with van der Waals surface area (Å²) in [7, 11) is 1.85. The summed E-state index contributed by atoms with van der Waals surface area (Å²) in [5.74, 6) is 0.0395. The van der Waals surface area contributed by atoms with Gasteiger partial charge in [-0.1, -0.05) is 24.3 Å². The van der Waals surface area contributed by atoms with Crippen molar-refractivity contribution in [3.8, 4) is 0 Å². The molecule has 21 heavy (non-hydrogen) atoms. The molecular weight excluding hydrogens is 328 g/mol. The molecule has 0 aliphatic heterocycles. The fraction of sp³-hybridized carbons (Fsp3) is 0.353. The minimum absolute atomic E-state index is 0.0395. The zero-order valence-corrected chi connectivity index (χ0v) is 14.5. The summed E-state index contributed by atoms with van der Waals surface area (Å²) in [6, 6.07) is 10.3. The fourth-order valence-electron chi connectivity index (χ4n) is 2.35. The molecule has 0 fully saturated rings. The number of benzene rings is 1. The zero-order chi connectivity index (χ0) is 15.6. The van der Waals surface area contributed by atoms with Crippen LogP contribution in [0.3, 0.4) is 0 Å². The topological polar surface area (TPSA) is 25.2 Å². The van der Waals surface area contributed by atoms with Crippen molar-refractivity contribution in [2.24, 2.45) is 0 Å². The van der Waals surface area contributed by atoms with E-state index in [9.17, 15) is 4.79 Å². The first kappa shape index (κ1) is 15.8. The van der Waals surface area contributed by atoms with E-state index in [-0.39, 0.29) is 11.9 Å².